The molecule has 0 bridgehead atoms. The largest absolute Gasteiger partial charge is 0.491 e. The molecule has 0 aliphatic rings. The zero-order valence-corrected chi connectivity index (χ0v) is 17.6. The first-order valence-corrected chi connectivity index (χ1v) is 9.97. The summed E-state index contributed by atoms with van der Waals surface area (Å²) in [5.41, 5.74) is 0.551. The van der Waals surface area contributed by atoms with Gasteiger partial charge in [0.15, 0.2) is 5.78 Å². The third kappa shape index (κ3) is 6.86. The van der Waals surface area contributed by atoms with Crippen LogP contribution in [0.5, 0.6) is 11.5 Å². The first-order valence-electron chi connectivity index (χ1n) is 9.15. The molecule has 0 amide bonds. The molecule has 0 saturated carbocycles. The first kappa shape index (κ1) is 22.3. The van der Waals surface area contributed by atoms with Crippen molar-refractivity contribution in [3.05, 3.63) is 48.0 Å². The van der Waals surface area contributed by atoms with Crippen molar-refractivity contribution in [2.24, 2.45) is 5.41 Å². The number of ether oxygens (including phenoxy) is 2. The van der Waals surface area contributed by atoms with E-state index in [0.29, 0.717) is 11.5 Å². The van der Waals surface area contributed by atoms with E-state index in [1.165, 1.54) is 0 Å². The van der Waals surface area contributed by atoms with Crippen LogP contribution in [0.25, 0.3) is 0 Å². The van der Waals surface area contributed by atoms with Gasteiger partial charge in [0.1, 0.15) is 30.8 Å². The van der Waals surface area contributed by atoms with Crippen LogP contribution in [0.3, 0.4) is 0 Å². The molecule has 5 nitrogen and oxygen atoms in total. The fraction of sp³-hybridized carbons (Fsp3) is 0.409. The highest BCUT2D eigenvalue weighted by Gasteiger charge is 2.21. The monoisotopic (exact) mass is 404 g/mol. The van der Waals surface area contributed by atoms with Crippen molar-refractivity contribution in [2.75, 3.05) is 19.8 Å². The van der Waals surface area contributed by atoms with E-state index in [9.17, 15) is 9.90 Å². The molecule has 0 aromatic heterocycles. The Balaban J connectivity index is 1.93. The average molecular weight is 405 g/mol. The number of Topliss-reactive ketones (excluding diaryl/α,β-unsaturated/α-hetero) is 1. The molecule has 28 heavy (non-hydrogen) atoms. The summed E-state index contributed by atoms with van der Waals surface area (Å²) in [6.07, 6.45) is -0.882. The summed E-state index contributed by atoms with van der Waals surface area (Å²) in [4.78, 5) is 14.1. The molecule has 0 heterocycles. The molecular formula is C22H28O5S. The lowest BCUT2D eigenvalue weighted by molar-refractivity contribution is -0.128. The van der Waals surface area contributed by atoms with Gasteiger partial charge in [-0.3, -0.25) is 4.79 Å². The number of hydrogen-bond donors (Lipinski definition) is 2. The van der Waals surface area contributed by atoms with E-state index in [4.69, 9.17) is 14.6 Å². The van der Waals surface area contributed by atoms with E-state index >= 15 is 0 Å². The van der Waals surface area contributed by atoms with Gasteiger partial charge in [0, 0.05) is 15.2 Å². The maximum absolute atomic E-state index is 11.9. The van der Waals surface area contributed by atoms with Gasteiger partial charge in [-0.05, 0) is 55.0 Å². The second-order valence-electron chi connectivity index (χ2n) is 7.61. The lowest BCUT2D eigenvalue weighted by Crippen LogP contribution is -2.26. The highest BCUT2D eigenvalue weighted by Crippen LogP contribution is 2.32. The Labute approximate surface area is 170 Å². The quantitative estimate of drug-likeness (QED) is 0.661. The van der Waals surface area contributed by atoms with Crippen molar-refractivity contribution in [1.82, 2.24) is 0 Å². The molecular weight excluding hydrogens is 376 g/mol. The molecule has 0 saturated heterocycles. The normalized spacial score (nSPS) is 12.5. The summed E-state index contributed by atoms with van der Waals surface area (Å²) in [6.45, 7) is 7.39. The number of rotatable bonds is 9. The van der Waals surface area contributed by atoms with Crippen molar-refractivity contribution in [1.29, 1.82) is 0 Å². The first-order chi connectivity index (χ1) is 13.2. The summed E-state index contributed by atoms with van der Waals surface area (Å²) in [6, 6.07) is 13.5. The Kier molecular flexibility index (Phi) is 7.92. The maximum Gasteiger partial charge on any atom is 0.175 e. The molecule has 2 aromatic rings. The van der Waals surface area contributed by atoms with Crippen molar-refractivity contribution in [2.45, 2.75) is 43.6 Å². The van der Waals surface area contributed by atoms with Crippen molar-refractivity contribution in [3.63, 3.8) is 0 Å². The van der Waals surface area contributed by atoms with Gasteiger partial charge in [-0.25, -0.2) is 0 Å². The van der Waals surface area contributed by atoms with E-state index in [1.54, 1.807) is 11.8 Å². The highest BCUT2D eigenvalue weighted by atomic mass is 32.2. The number of carbonyl (C=O) groups excluding carboxylic acids is 1. The van der Waals surface area contributed by atoms with Gasteiger partial charge < -0.3 is 19.7 Å². The summed E-state index contributed by atoms with van der Waals surface area (Å²) in [7, 11) is 0. The standard InChI is InChI=1S/C22H28O5S/c1-15-11-19(9-10-20(15)27-13-16(24)12-23)28-18-7-5-17(6-8-18)26-14-21(25)22(2,3)4/h5-11,16,23-24H,12-14H2,1-4H3. The Bertz CT molecular complexity index is 781. The Morgan fingerprint density at radius 2 is 1.71 bits per heavy atom. The second-order valence-corrected chi connectivity index (χ2v) is 8.76. The van der Waals surface area contributed by atoms with Gasteiger partial charge in [-0.1, -0.05) is 32.5 Å². The van der Waals surface area contributed by atoms with Gasteiger partial charge in [-0.15, -0.1) is 0 Å². The van der Waals surface area contributed by atoms with Gasteiger partial charge in [0.05, 0.1) is 6.61 Å². The van der Waals surface area contributed by atoms with Crippen LogP contribution in [0.2, 0.25) is 0 Å². The molecule has 0 fully saturated rings. The predicted octanol–water partition coefficient (Wildman–Crippen LogP) is 3.87. The molecule has 2 N–H and O–H groups in total. The van der Waals surface area contributed by atoms with Gasteiger partial charge in [-0.2, -0.15) is 0 Å². The van der Waals surface area contributed by atoms with Crippen LogP contribution in [-0.2, 0) is 4.79 Å². The molecule has 0 aliphatic heterocycles. The van der Waals surface area contributed by atoms with Crippen LogP contribution in [-0.4, -0.2) is 41.9 Å². The van der Waals surface area contributed by atoms with Crippen LogP contribution in [0, 0.1) is 12.3 Å². The number of aliphatic hydroxyl groups excluding tert-OH is 2. The topological polar surface area (TPSA) is 76.0 Å². The summed E-state index contributed by atoms with van der Waals surface area (Å²) >= 11 is 1.61. The number of ketones is 1. The van der Waals surface area contributed by atoms with Gasteiger partial charge in [0.2, 0.25) is 0 Å². The molecule has 152 valence electrons. The van der Waals surface area contributed by atoms with E-state index in [-0.39, 0.29) is 25.6 Å². The van der Waals surface area contributed by atoms with E-state index < -0.39 is 11.5 Å². The number of hydrogen-bond acceptors (Lipinski definition) is 6. The highest BCUT2D eigenvalue weighted by molar-refractivity contribution is 7.99. The fourth-order valence-corrected chi connectivity index (χ4v) is 3.11. The minimum absolute atomic E-state index is 0.0585. The molecule has 0 spiro atoms. The van der Waals surface area contributed by atoms with Crippen LogP contribution in [0.15, 0.2) is 52.3 Å². The number of carbonyl (C=O) groups is 1. The van der Waals surface area contributed by atoms with Gasteiger partial charge >= 0.3 is 0 Å². The molecule has 0 aliphatic carbocycles. The van der Waals surface area contributed by atoms with E-state index in [1.807, 2.05) is 70.2 Å². The van der Waals surface area contributed by atoms with Crippen molar-refractivity contribution >= 4 is 17.5 Å². The van der Waals surface area contributed by atoms with Crippen LogP contribution in [0.1, 0.15) is 26.3 Å². The molecule has 1 atom stereocenters. The molecule has 1 unspecified atom stereocenters. The predicted molar refractivity (Wildman–Crippen MR) is 110 cm³/mol. The number of benzene rings is 2. The number of aliphatic hydroxyl groups is 2. The Hall–Kier alpha value is -2.02. The number of aryl methyl sites for hydroxylation is 1. The maximum atomic E-state index is 11.9. The van der Waals surface area contributed by atoms with Crippen molar-refractivity contribution < 1.29 is 24.5 Å². The van der Waals surface area contributed by atoms with Gasteiger partial charge in [0.25, 0.3) is 0 Å². The average Bonchev–Trinajstić information content (AvgIpc) is 2.65. The summed E-state index contributed by atoms with van der Waals surface area (Å²) in [5, 5.41) is 18.2. The SMILES string of the molecule is Cc1cc(Sc2ccc(OCC(=O)C(C)(C)C)cc2)ccc1OCC(O)CO. The van der Waals surface area contributed by atoms with Crippen LogP contribution in [0.4, 0.5) is 0 Å². The Morgan fingerprint density at radius 3 is 2.29 bits per heavy atom. The third-order valence-corrected chi connectivity index (χ3v) is 5.05. The smallest absolute Gasteiger partial charge is 0.175 e. The van der Waals surface area contributed by atoms with Crippen molar-refractivity contribution in [3.8, 4) is 11.5 Å². The molecule has 6 heteroatoms. The minimum atomic E-state index is -0.882. The van der Waals surface area contributed by atoms with Crippen LogP contribution >= 0.6 is 11.8 Å². The summed E-state index contributed by atoms with van der Waals surface area (Å²) < 4.78 is 11.1. The van der Waals surface area contributed by atoms with E-state index in [0.717, 1.165) is 15.4 Å². The minimum Gasteiger partial charge on any atom is -0.491 e. The molecule has 2 aromatic carbocycles. The van der Waals surface area contributed by atoms with Crippen LogP contribution < -0.4 is 9.47 Å². The van der Waals surface area contributed by atoms with E-state index in [2.05, 4.69) is 0 Å². The second kappa shape index (κ2) is 9.96. The lowest BCUT2D eigenvalue weighted by atomic mass is 9.91. The zero-order valence-electron chi connectivity index (χ0n) is 16.8. The fourth-order valence-electron chi connectivity index (χ4n) is 2.19. The lowest BCUT2D eigenvalue weighted by Gasteiger charge is -2.16. The third-order valence-electron chi connectivity index (χ3n) is 4.05. The Morgan fingerprint density at radius 1 is 1.07 bits per heavy atom. The molecule has 0 radical (unpaired) electrons. The molecule has 2 rings (SSSR count). The zero-order chi connectivity index (χ0) is 20.7. The summed E-state index contributed by atoms with van der Waals surface area (Å²) in [5.74, 6) is 1.42.